The number of alkyl carbamates (subject to hydrolysis) is 1. The van der Waals surface area contributed by atoms with E-state index in [1.165, 1.54) is 23.0 Å². The number of hydrogen-bond acceptors (Lipinski definition) is 9. The molecule has 0 radical (unpaired) electrons. The van der Waals surface area contributed by atoms with Crippen LogP contribution < -0.4 is 11.0 Å². The van der Waals surface area contributed by atoms with Gasteiger partial charge < -0.3 is 28.4 Å². The van der Waals surface area contributed by atoms with Crippen molar-refractivity contribution in [3.8, 4) is 22.5 Å². The summed E-state index contributed by atoms with van der Waals surface area (Å²) in [5, 5.41) is 3.34. The van der Waals surface area contributed by atoms with Crippen LogP contribution in [0.25, 0.3) is 33.6 Å². The number of amides is 1. The third-order valence-electron chi connectivity index (χ3n) is 12.5. The van der Waals surface area contributed by atoms with E-state index in [4.69, 9.17) is 23.1 Å². The number of esters is 1. The van der Waals surface area contributed by atoms with Gasteiger partial charge in [0.2, 0.25) is 5.71 Å². The summed E-state index contributed by atoms with van der Waals surface area (Å²) in [5.74, 6) is -0.459. The maximum absolute atomic E-state index is 14.0. The first-order chi connectivity index (χ1) is 28.6. The standard InChI is InChI=1S/C48H59N3O8Si/c1-9-10-11-16-31-21-23-32(24-22-31)39-25-33-27-51(46(53)50-44(33)58-39)42-26-40(41(57-42)29-56-60(7,8)48(4,5)6)59-45(52)43(30(2)3)49-47(54)55-28-38-36-19-14-12-17-34(36)35-18-13-15-20-37(35)38/h12-15,17-25,27,30,38,40-43H,9-11,16,26,28-29H2,1-8H3,(H,49,54)/t40-,41-,42-,43?/m1/s1. The largest absolute Gasteiger partial charge is 0.458 e. The SMILES string of the molecule is CCCCCc1ccc(-c2cc3cn([C@H]4C[C@@H](OC(=O)C(NC(=O)OCC5c6ccccc6-c6ccccc65)C(C)C)[C@@H](CO[Si](C)(C)C(C)(C)C)O4)c(=O)nc3o2)cc1. The molecule has 1 aliphatic carbocycles. The van der Waals surface area contributed by atoms with Crippen LogP contribution in [-0.2, 0) is 29.9 Å². The lowest BCUT2D eigenvalue weighted by atomic mass is 9.98. The monoisotopic (exact) mass is 833 g/mol. The number of unbranched alkanes of at least 4 members (excludes halogenated alkanes) is 2. The maximum atomic E-state index is 14.0. The third kappa shape index (κ3) is 9.30. The van der Waals surface area contributed by atoms with Crippen LogP contribution in [0.15, 0.2) is 94.3 Å². The summed E-state index contributed by atoms with van der Waals surface area (Å²) in [6, 6.07) is 25.4. The van der Waals surface area contributed by atoms with Gasteiger partial charge in [-0.15, -0.1) is 0 Å². The van der Waals surface area contributed by atoms with Crippen molar-refractivity contribution >= 4 is 31.5 Å². The van der Waals surface area contributed by atoms with Crippen molar-refractivity contribution in [2.75, 3.05) is 13.2 Å². The summed E-state index contributed by atoms with van der Waals surface area (Å²) in [7, 11) is -2.25. The summed E-state index contributed by atoms with van der Waals surface area (Å²) in [4.78, 5) is 45.2. The Morgan fingerprint density at radius 3 is 2.25 bits per heavy atom. The number of nitrogens with zero attached hydrogens (tertiary/aromatic N) is 2. The normalized spacial score (nSPS) is 18.4. The molecule has 1 amide bonds. The summed E-state index contributed by atoms with van der Waals surface area (Å²) in [6.45, 7) is 16.9. The predicted octanol–water partition coefficient (Wildman–Crippen LogP) is 10.2. The number of aryl methyl sites for hydroxylation is 1. The Morgan fingerprint density at radius 2 is 1.62 bits per heavy atom. The number of benzene rings is 3. The molecule has 60 heavy (non-hydrogen) atoms. The highest BCUT2D eigenvalue weighted by atomic mass is 28.4. The van der Waals surface area contributed by atoms with Crippen molar-refractivity contribution in [3.05, 3.63) is 112 Å². The minimum absolute atomic E-state index is 0.0763. The van der Waals surface area contributed by atoms with E-state index >= 15 is 0 Å². The smallest absolute Gasteiger partial charge is 0.407 e. The van der Waals surface area contributed by atoms with E-state index in [-0.39, 0.29) is 42.2 Å². The Hall–Kier alpha value is -5.04. The Labute approximate surface area is 353 Å². The first kappa shape index (κ1) is 43.1. The summed E-state index contributed by atoms with van der Waals surface area (Å²) >= 11 is 0. The fourth-order valence-electron chi connectivity index (χ4n) is 7.83. The number of nitrogens with one attached hydrogen (secondary N) is 1. The molecule has 318 valence electrons. The molecule has 2 aromatic heterocycles. The second kappa shape index (κ2) is 17.9. The molecule has 3 heterocycles. The minimum atomic E-state index is -2.25. The van der Waals surface area contributed by atoms with Crippen molar-refractivity contribution in [2.24, 2.45) is 5.92 Å². The predicted molar refractivity (Wildman–Crippen MR) is 235 cm³/mol. The van der Waals surface area contributed by atoms with E-state index < -0.39 is 50.5 Å². The van der Waals surface area contributed by atoms with Gasteiger partial charge >= 0.3 is 17.8 Å². The molecule has 11 nitrogen and oxygen atoms in total. The fraction of sp³-hybridized carbons (Fsp3) is 0.458. The second-order valence-electron chi connectivity index (χ2n) is 18.1. The van der Waals surface area contributed by atoms with Crippen molar-refractivity contribution in [1.29, 1.82) is 0 Å². The fourth-order valence-corrected chi connectivity index (χ4v) is 8.84. The summed E-state index contributed by atoms with van der Waals surface area (Å²) < 4.78 is 32.6. The van der Waals surface area contributed by atoms with Gasteiger partial charge in [-0.2, -0.15) is 4.98 Å². The van der Waals surface area contributed by atoms with Gasteiger partial charge in [-0.05, 0) is 70.8 Å². The lowest BCUT2D eigenvalue weighted by Gasteiger charge is -2.37. The van der Waals surface area contributed by atoms with Crippen molar-refractivity contribution in [3.63, 3.8) is 0 Å². The molecule has 1 aliphatic heterocycles. The van der Waals surface area contributed by atoms with Gasteiger partial charge in [0, 0.05) is 24.1 Å². The Balaban J connectivity index is 1.06. The zero-order chi connectivity index (χ0) is 42.8. The average molecular weight is 834 g/mol. The number of fused-ring (bicyclic) bond motifs is 4. The molecule has 1 saturated heterocycles. The maximum Gasteiger partial charge on any atom is 0.407 e. The van der Waals surface area contributed by atoms with E-state index in [9.17, 15) is 14.4 Å². The van der Waals surface area contributed by atoms with Crippen LogP contribution in [-0.4, -0.2) is 61.4 Å². The van der Waals surface area contributed by atoms with Gasteiger partial charge in [0.25, 0.3) is 0 Å². The van der Waals surface area contributed by atoms with Crippen molar-refractivity contribution in [1.82, 2.24) is 14.9 Å². The quantitative estimate of drug-likeness (QED) is 0.0622. The minimum Gasteiger partial charge on any atom is -0.458 e. The van der Waals surface area contributed by atoms with Crippen LogP contribution in [0.3, 0.4) is 0 Å². The second-order valence-corrected chi connectivity index (χ2v) is 22.9. The molecule has 7 rings (SSSR count). The van der Waals surface area contributed by atoms with Gasteiger partial charge in [-0.3, -0.25) is 4.57 Å². The lowest BCUT2D eigenvalue weighted by Crippen LogP contribution is -2.48. The van der Waals surface area contributed by atoms with Crippen LogP contribution in [0, 0.1) is 5.92 Å². The number of rotatable bonds is 15. The first-order valence-corrected chi connectivity index (χ1v) is 24.3. The molecule has 3 aromatic carbocycles. The molecule has 5 aromatic rings. The molecule has 1 fully saturated rings. The van der Waals surface area contributed by atoms with Gasteiger partial charge in [0.15, 0.2) is 8.32 Å². The summed E-state index contributed by atoms with van der Waals surface area (Å²) in [5.41, 5.74) is 6.29. The topological polar surface area (TPSA) is 131 Å². The van der Waals surface area contributed by atoms with E-state index in [0.29, 0.717) is 11.1 Å². The summed E-state index contributed by atoms with van der Waals surface area (Å²) in [6.07, 6.45) is 3.44. The first-order valence-electron chi connectivity index (χ1n) is 21.4. The number of hydrogen-bond donors (Lipinski definition) is 1. The van der Waals surface area contributed by atoms with Crippen LogP contribution in [0.1, 0.15) is 96.1 Å². The highest BCUT2D eigenvalue weighted by Gasteiger charge is 2.44. The van der Waals surface area contributed by atoms with E-state index in [0.717, 1.165) is 40.7 Å². The average Bonchev–Trinajstić information content (AvgIpc) is 3.91. The molecule has 1 unspecified atom stereocenters. The number of aromatic nitrogens is 2. The molecule has 12 heteroatoms. The molecular weight excluding hydrogens is 775 g/mol. The van der Waals surface area contributed by atoms with E-state index in [1.54, 1.807) is 6.20 Å². The molecule has 0 saturated carbocycles. The molecule has 2 aliphatic rings. The molecular formula is C48H59N3O8Si. The van der Waals surface area contributed by atoms with Crippen LogP contribution in [0.2, 0.25) is 18.1 Å². The van der Waals surface area contributed by atoms with Gasteiger partial charge in [0.05, 0.1) is 12.0 Å². The van der Waals surface area contributed by atoms with Crippen LogP contribution in [0.4, 0.5) is 4.79 Å². The number of ether oxygens (including phenoxy) is 3. The van der Waals surface area contributed by atoms with Gasteiger partial charge in [-0.25, -0.2) is 14.4 Å². The molecule has 0 bridgehead atoms. The highest BCUT2D eigenvalue weighted by Crippen LogP contribution is 2.44. The van der Waals surface area contributed by atoms with Crippen LogP contribution >= 0.6 is 0 Å². The number of carbonyl (C=O) groups excluding carboxylic acids is 2. The highest BCUT2D eigenvalue weighted by molar-refractivity contribution is 6.74. The third-order valence-corrected chi connectivity index (χ3v) is 17.0. The lowest BCUT2D eigenvalue weighted by molar-refractivity contribution is -0.156. The van der Waals surface area contributed by atoms with Crippen molar-refractivity contribution < 1.29 is 32.6 Å². The molecule has 0 spiro atoms. The zero-order valence-electron chi connectivity index (χ0n) is 36.2. The van der Waals surface area contributed by atoms with Crippen LogP contribution in [0.5, 0.6) is 0 Å². The molecule has 4 atom stereocenters. The Bertz CT molecular complexity index is 2320. The zero-order valence-corrected chi connectivity index (χ0v) is 37.2. The van der Waals surface area contributed by atoms with Crippen molar-refractivity contribution in [2.45, 2.75) is 122 Å². The van der Waals surface area contributed by atoms with Gasteiger partial charge in [-0.1, -0.05) is 127 Å². The number of carbonyl (C=O) groups is 2. The van der Waals surface area contributed by atoms with E-state index in [1.807, 2.05) is 56.3 Å². The molecule has 1 N–H and O–H groups in total. The Kier molecular flexibility index (Phi) is 12.8. The van der Waals surface area contributed by atoms with E-state index in [2.05, 4.69) is 87.5 Å². The Morgan fingerprint density at radius 1 is 0.950 bits per heavy atom. The van der Waals surface area contributed by atoms with Gasteiger partial charge in [0.1, 0.15) is 36.8 Å². The number of furan rings is 1.